The predicted octanol–water partition coefficient (Wildman–Crippen LogP) is 4.19. The van der Waals surface area contributed by atoms with Crippen molar-refractivity contribution >= 4 is 29.0 Å². The molecule has 0 aliphatic carbocycles. The van der Waals surface area contributed by atoms with Gasteiger partial charge in [0, 0.05) is 11.6 Å². The topological polar surface area (TPSA) is 114 Å². The van der Waals surface area contributed by atoms with Gasteiger partial charge in [-0.1, -0.05) is 86.3 Å². The highest BCUT2D eigenvalue weighted by atomic mass is 35.5. The lowest BCUT2D eigenvalue weighted by atomic mass is 10.00. The summed E-state index contributed by atoms with van der Waals surface area (Å²) in [6, 6.07) is 24.2. The third-order valence-corrected chi connectivity index (χ3v) is 6.60. The van der Waals surface area contributed by atoms with Crippen LogP contribution in [0.15, 0.2) is 85.4 Å². The van der Waals surface area contributed by atoms with E-state index in [2.05, 4.69) is 16.9 Å². The maximum Gasteiger partial charge on any atom is 0.339 e. The molecule has 0 heterocycles. The molecule has 0 radical (unpaired) electrons. The van der Waals surface area contributed by atoms with E-state index in [1.54, 1.807) is 12.1 Å². The Morgan fingerprint density at radius 3 is 2.08 bits per heavy atom. The first-order valence-corrected chi connectivity index (χ1v) is 14.1. The second kappa shape index (κ2) is 16.9. The molecule has 3 aromatic rings. The fourth-order valence-corrected chi connectivity index (χ4v) is 4.25. The molecule has 3 rings (SSSR count). The average Bonchev–Trinajstić information content (AvgIpc) is 2.96. The van der Waals surface area contributed by atoms with Gasteiger partial charge in [0.05, 0.1) is 6.61 Å². The van der Waals surface area contributed by atoms with Crippen molar-refractivity contribution in [3.8, 4) is 11.5 Å². The zero-order chi connectivity index (χ0) is 28.6. The molecule has 0 fully saturated rings. The molecule has 0 aliphatic heterocycles. The first-order chi connectivity index (χ1) is 19.4. The molecule has 0 spiro atoms. The van der Waals surface area contributed by atoms with Crippen LogP contribution in [0, 0.1) is 0 Å². The van der Waals surface area contributed by atoms with Crippen molar-refractivity contribution in [3.63, 3.8) is 0 Å². The summed E-state index contributed by atoms with van der Waals surface area (Å²) in [6.45, 7) is 5.87. The number of rotatable bonds is 17. The lowest BCUT2D eigenvalue weighted by molar-refractivity contribution is -0.472. The van der Waals surface area contributed by atoms with Gasteiger partial charge in [0.15, 0.2) is 6.04 Å². The lowest BCUT2D eigenvalue weighted by Gasteiger charge is -2.15. The van der Waals surface area contributed by atoms with Gasteiger partial charge in [0.2, 0.25) is 0 Å². The second-order valence-electron chi connectivity index (χ2n) is 9.57. The molecule has 6 N–H and O–H groups in total. The molecule has 0 saturated heterocycles. The number of ether oxygens (including phenoxy) is 2. The zero-order valence-corrected chi connectivity index (χ0v) is 23.7. The largest absolute Gasteiger partial charge is 0.494 e. The molecule has 7 nitrogen and oxygen atoms in total. The Morgan fingerprint density at radius 2 is 1.43 bits per heavy atom. The fourth-order valence-electron chi connectivity index (χ4n) is 4.12. The fraction of sp³-hybridized carbons (Fsp3) is 0.312. The first kappa shape index (κ1) is 30.6. The minimum atomic E-state index is -0.760. The Balaban J connectivity index is 1.24. The number of benzene rings is 3. The van der Waals surface area contributed by atoms with Crippen molar-refractivity contribution in [1.29, 1.82) is 0 Å². The van der Waals surface area contributed by atoms with Crippen LogP contribution in [0.1, 0.15) is 49.7 Å². The van der Waals surface area contributed by atoms with E-state index < -0.39 is 6.04 Å². The van der Waals surface area contributed by atoms with E-state index in [9.17, 15) is 4.79 Å². The van der Waals surface area contributed by atoms with Gasteiger partial charge in [0.1, 0.15) is 18.1 Å². The van der Waals surface area contributed by atoms with E-state index in [1.807, 2.05) is 66.7 Å². The quantitative estimate of drug-likeness (QED) is 0.112. The molecule has 3 aromatic carbocycles. The molecule has 1 amide bonds. The number of nitrogens with two attached hydrogens (primary N) is 2. The third kappa shape index (κ3) is 11.0. The van der Waals surface area contributed by atoms with Crippen LogP contribution in [0.2, 0.25) is 5.02 Å². The van der Waals surface area contributed by atoms with Gasteiger partial charge >= 0.3 is 5.96 Å². The van der Waals surface area contributed by atoms with Crippen LogP contribution in [0.4, 0.5) is 0 Å². The number of carbonyl (C=O) groups excluding carboxylic acids is 1. The van der Waals surface area contributed by atoms with Crippen molar-refractivity contribution in [3.05, 3.63) is 102 Å². The molecule has 0 aromatic heterocycles. The summed E-state index contributed by atoms with van der Waals surface area (Å²) in [6.07, 6.45) is 6.25. The van der Waals surface area contributed by atoms with Crippen LogP contribution in [0.3, 0.4) is 0 Å². The van der Waals surface area contributed by atoms with Gasteiger partial charge in [0.25, 0.3) is 5.91 Å². The number of nitrogens with one attached hydrogen (secondary N) is 2. The molecule has 212 valence electrons. The van der Waals surface area contributed by atoms with Gasteiger partial charge in [-0.25, -0.2) is 0 Å². The van der Waals surface area contributed by atoms with Crippen molar-refractivity contribution < 1.29 is 19.3 Å². The highest BCUT2D eigenvalue weighted by Crippen LogP contribution is 2.20. The van der Waals surface area contributed by atoms with Crippen LogP contribution in [-0.2, 0) is 11.4 Å². The van der Waals surface area contributed by atoms with Crippen LogP contribution in [0.5, 0.6) is 11.5 Å². The molecule has 1 atom stereocenters. The summed E-state index contributed by atoms with van der Waals surface area (Å²) in [4.78, 5) is 15.6. The van der Waals surface area contributed by atoms with Crippen LogP contribution in [0.25, 0.3) is 5.57 Å². The molecule has 0 bridgehead atoms. The zero-order valence-electron chi connectivity index (χ0n) is 22.9. The monoisotopic (exact) mass is 563 g/mol. The molecule has 8 heteroatoms. The summed E-state index contributed by atoms with van der Waals surface area (Å²) in [5.74, 6) is 1.42. The molecule has 0 saturated carbocycles. The Labute approximate surface area is 242 Å². The second-order valence-corrected chi connectivity index (χ2v) is 10.0. The number of guanidine groups is 1. The van der Waals surface area contributed by atoms with Crippen molar-refractivity contribution in [1.82, 2.24) is 5.32 Å². The summed E-state index contributed by atoms with van der Waals surface area (Å²) < 4.78 is 11.7. The van der Waals surface area contributed by atoms with Gasteiger partial charge in [-0.15, -0.1) is 0 Å². The SMILES string of the molecule is C=C(c1ccc(Cl)cc1)[C@H]([NH+]=C(N)N)C(=O)NCCCCCCCCOc1ccc(OCc2ccccc2)cc1. The maximum absolute atomic E-state index is 12.8. The van der Waals surface area contributed by atoms with Crippen LogP contribution >= 0.6 is 11.6 Å². The number of halogens is 1. The summed E-state index contributed by atoms with van der Waals surface area (Å²) in [5, 5.41) is 3.57. The van der Waals surface area contributed by atoms with Gasteiger partial charge < -0.3 is 14.8 Å². The standard InChI is InChI=1S/C32H39ClN4O3/c1-24(26-13-15-27(33)16-14-26)30(37-32(34)35)31(38)36-21-9-4-2-3-5-10-22-39-28-17-19-29(20-18-28)40-23-25-11-7-6-8-12-25/h6-8,11-20,30H,1-5,9-10,21-23H2,(H,36,38)(H4,34,35,37)/p+1/t30-/m0/s1. The first-order valence-electron chi connectivity index (χ1n) is 13.7. The summed E-state index contributed by atoms with van der Waals surface area (Å²) >= 11 is 5.96. The van der Waals surface area contributed by atoms with Gasteiger partial charge in [-0.2, -0.15) is 0 Å². The molecular weight excluding hydrogens is 524 g/mol. The van der Waals surface area contributed by atoms with E-state index in [4.69, 9.17) is 32.5 Å². The highest BCUT2D eigenvalue weighted by Gasteiger charge is 2.23. The molecule has 0 aliphatic rings. The average molecular weight is 564 g/mol. The maximum atomic E-state index is 12.8. The van der Waals surface area contributed by atoms with E-state index in [0.717, 1.165) is 61.2 Å². The van der Waals surface area contributed by atoms with Gasteiger partial charge in [-0.3, -0.25) is 21.3 Å². The van der Waals surface area contributed by atoms with E-state index in [0.29, 0.717) is 30.4 Å². The third-order valence-electron chi connectivity index (χ3n) is 6.35. The van der Waals surface area contributed by atoms with E-state index in [-0.39, 0.29) is 11.9 Å². The highest BCUT2D eigenvalue weighted by molar-refractivity contribution is 6.30. The minimum Gasteiger partial charge on any atom is -0.494 e. The number of carbonyl (C=O) groups is 1. The Kier molecular flexibility index (Phi) is 12.9. The molecule has 0 unspecified atom stereocenters. The van der Waals surface area contributed by atoms with Crippen LogP contribution in [-0.4, -0.2) is 31.1 Å². The lowest BCUT2D eigenvalue weighted by Crippen LogP contribution is -2.86. The van der Waals surface area contributed by atoms with Crippen molar-refractivity contribution in [2.45, 2.75) is 51.2 Å². The Hall–Kier alpha value is -3.97. The van der Waals surface area contributed by atoms with Gasteiger partial charge in [-0.05, 0) is 65.9 Å². The van der Waals surface area contributed by atoms with E-state index >= 15 is 0 Å². The van der Waals surface area contributed by atoms with Crippen LogP contribution < -0.4 is 31.3 Å². The summed E-state index contributed by atoms with van der Waals surface area (Å²) in [5.41, 5.74) is 13.7. The smallest absolute Gasteiger partial charge is 0.339 e. The number of hydrogen-bond acceptors (Lipinski definition) is 3. The number of hydrogen-bond donors (Lipinski definition) is 4. The molecular formula is C32H40ClN4O3+. The molecule has 40 heavy (non-hydrogen) atoms. The predicted molar refractivity (Wildman–Crippen MR) is 162 cm³/mol. The van der Waals surface area contributed by atoms with Crippen molar-refractivity contribution in [2.75, 3.05) is 13.2 Å². The van der Waals surface area contributed by atoms with E-state index in [1.165, 1.54) is 0 Å². The minimum absolute atomic E-state index is 0.0379. The van der Waals surface area contributed by atoms with Crippen molar-refractivity contribution in [2.24, 2.45) is 11.5 Å². The summed E-state index contributed by atoms with van der Waals surface area (Å²) in [7, 11) is 0. The normalized spacial score (nSPS) is 11.3. The Morgan fingerprint density at radius 1 is 0.825 bits per heavy atom. The number of unbranched alkanes of at least 4 members (excludes halogenated alkanes) is 5. The Bertz CT molecular complexity index is 1210. The number of amides is 1.